The zero-order valence-electron chi connectivity index (χ0n) is 17.5. The molecular weight excluding hydrogens is 449 g/mol. The van der Waals surface area contributed by atoms with Gasteiger partial charge in [0.05, 0.1) is 11.3 Å². The number of oxime groups is 1. The number of nitrogens with one attached hydrogen (secondary N) is 3. The Balaban J connectivity index is 0.00000144. The molecule has 0 aliphatic carbocycles. The van der Waals surface area contributed by atoms with Crippen LogP contribution in [0, 0.1) is 0 Å². The van der Waals surface area contributed by atoms with Gasteiger partial charge in [-0.2, -0.15) is 0 Å². The molecule has 2 aliphatic rings. The summed E-state index contributed by atoms with van der Waals surface area (Å²) in [5, 5.41) is 22.8. The smallest absolute Gasteiger partial charge is 0.199 e. The maximum Gasteiger partial charge on any atom is 0.199 e. The molecule has 170 valence electrons. The summed E-state index contributed by atoms with van der Waals surface area (Å²) in [5.74, 6) is 0.0861. The van der Waals surface area contributed by atoms with E-state index in [4.69, 9.17) is 9.83 Å². The molecule has 0 bridgehead atoms. The van der Waals surface area contributed by atoms with E-state index in [0.717, 1.165) is 54.6 Å². The number of aliphatic imine (C=N–C) groups is 1. The Hall–Kier alpha value is -2.58. The van der Waals surface area contributed by atoms with E-state index in [2.05, 4.69) is 20.8 Å². The highest BCUT2D eigenvalue weighted by Gasteiger charge is 2.29. The topological polar surface area (TPSA) is 94.0 Å². The van der Waals surface area contributed by atoms with Gasteiger partial charge in [0.2, 0.25) is 0 Å². The summed E-state index contributed by atoms with van der Waals surface area (Å²) in [6.45, 7) is 3.34. The molecule has 0 unspecified atom stereocenters. The highest BCUT2D eigenvalue weighted by atomic mass is 35.5. The maximum absolute atomic E-state index is 10.6. The highest BCUT2D eigenvalue weighted by molar-refractivity contribution is 6.58. The number of aromatic nitrogens is 1. The Morgan fingerprint density at radius 2 is 1.81 bits per heavy atom. The molecule has 5 rings (SSSR count). The second-order valence-corrected chi connectivity index (χ2v) is 7.62. The molecule has 1 saturated heterocycles. The number of aromatic amines is 1. The van der Waals surface area contributed by atoms with Gasteiger partial charge in [0.1, 0.15) is 18.0 Å². The van der Waals surface area contributed by atoms with Crippen LogP contribution in [-0.2, 0) is 4.84 Å². The normalized spacial score (nSPS) is 16.9. The van der Waals surface area contributed by atoms with E-state index in [1.807, 2.05) is 48.5 Å². The molecule has 7 nitrogen and oxygen atoms in total. The zero-order valence-corrected chi connectivity index (χ0v) is 19.1. The van der Waals surface area contributed by atoms with Crippen LogP contribution in [0.3, 0.4) is 0 Å². The second kappa shape index (κ2) is 10.8. The van der Waals surface area contributed by atoms with Gasteiger partial charge in [-0.25, -0.2) is 4.99 Å². The molecule has 3 heterocycles. The van der Waals surface area contributed by atoms with Gasteiger partial charge in [-0.1, -0.05) is 41.6 Å². The van der Waals surface area contributed by atoms with Crippen LogP contribution >= 0.6 is 24.8 Å². The molecule has 3 aromatic rings. The number of aromatic hydroxyl groups is 1. The van der Waals surface area contributed by atoms with Gasteiger partial charge in [0.25, 0.3) is 0 Å². The Kier molecular flexibility index (Phi) is 8.15. The molecule has 1 aromatic heterocycles. The SMILES string of the molecule is Cl.Cl.Oc1[nH]c2ccccc2c1C1=Nc2ccccc2/C1=N\OCCNC1CCNCC1. The number of nitrogens with zero attached hydrogens (tertiary/aromatic N) is 2. The van der Waals surface area contributed by atoms with Crippen molar-refractivity contribution in [2.24, 2.45) is 10.1 Å². The van der Waals surface area contributed by atoms with Crippen molar-refractivity contribution in [2.75, 3.05) is 26.2 Å². The van der Waals surface area contributed by atoms with Crippen molar-refractivity contribution in [3.05, 3.63) is 59.7 Å². The minimum atomic E-state index is 0. The molecule has 0 saturated carbocycles. The van der Waals surface area contributed by atoms with Gasteiger partial charge in [-0.15, -0.1) is 24.8 Å². The van der Waals surface area contributed by atoms with E-state index < -0.39 is 0 Å². The van der Waals surface area contributed by atoms with Crippen molar-refractivity contribution in [1.29, 1.82) is 0 Å². The zero-order chi connectivity index (χ0) is 20.3. The van der Waals surface area contributed by atoms with Crippen molar-refractivity contribution in [3.8, 4) is 5.88 Å². The van der Waals surface area contributed by atoms with E-state index in [1.165, 1.54) is 0 Å². The summed E-state index contributed by atoms with van der Waals surface area (Å²) < 4.78 is 0. The number of piperidine rings is 1. The number of rotatable bonds is 6. The van der Waals surface area contributed by atoms with E-state index in [1.54, 1.807) is 0 Å². The molecule has 0 radical (unpaired) electrons. The van der Waals surface area contributed by atoms with Gasteiger partial charge in [0.15, 0.2) is 5.88 Å². The van der Waals surface area contributed by atoms with Crippen LogP contribution in [-0.4, -0.2) is 53.8 Å². The number of hydrogen-bond acceptors (Lipinski definition) is 6. The standard InChI is InChI=1S/C23H25N5O2.2ClH/c29-23-20(16-5-1-3-7-18(16)27-23)22-21(17-6-2-4-8-19(17)26-22)28-30-14-13-25-15-9-11-24-12-10-15;;/h1-8,15,24-25,27,29H,9-14H2;2*1H/b28-21+;;. The van der Waals surface area contributed by atoms with Crippen LogP contribution in [0.1, 0.15) is 24.0 Å². The molecule has 32 heavy (non-hydrogen) atoms. The molecule has 0 amide bonds. The van der Waals surface area contributed by atoms with Crippen molar-refractivity contribution in [3.63, 3.8) is 0 Å². The Morgan fingerprint density at radius 1 is 1.06 bits per heavy atom. The fraction of sp³-hybridized carbons (Fsp3) is 0.304. The molecule has 2 aromatic carbocycles. The first-order chi connectivity index (χ1) is 14.8. The number of halogens is 2. The third-order valence-electron chi connectivity index (χ3n) is 5.66. The first kappa shape index (κ1) is 24.1. The minimum absolute atomic E-state index is 0. The van der Waals surface area contributed by atoms with Crippen molar-refractivity contribution in [1.82, 2.24) is 15.6 Å². The van der Waals surface area contributed by atoms with E-state index in [9.17, 15) is 5.11 Å². The predicted octanol–water partition coefficient (Wildman–Crippen LogP) is 3.91. The van der Waals surface area contributed by atoms with Crippen molar-refractivity contribution >= 4 is 52.8 Å². The molecule has 2 aliphatic heterocycles. The van der Waals surface area contributed by atoms with Gasteiger partial charge in [0, 0.05) is 29.1 Å². The number of fused-ring (bicyclic) bond motifs is 2. The van der Waals surface area contributed by atoms with Crippen molar-refractivity contribution in [2.45, 2.75) is 18.9 Å². The van der Waals surface area contributed by atoms with E-state index in [-0.39, 0.29) is 30.7 Å². The highest BCUT2D eigenvalue weighted by Crippen LogP contribution is 2.35. The fourth-order valence-corrected chi connectivity index (χ4v) is 4.15. The quantitative estimate of drug-likeness (QED) is 0.321. The van der Waals surface area contributed by atoms with Crippen LogP contribution in [0.5, 0.6) is 5.88 Å². The van der Waals surface area contributed by atoms with Crippen molar-refractivity contribution < 1.29 is 9.94 Å². The largest absolute Gasteiger partial charge is 0.494 e. The van der Waals surface area contributed by atoms with Gasteiger partial charge in [-0.3, -0.25) is 0 Å². The second-order valence-electron chi connectivity index (χ2n) is 7.62. The molecule has 0 atom stereocenters. The number of para-hydroxylation sites is 2. The monoisotopic (exact) mass is 475 g/mol. The van der Waals surface area contributed by atoms with Crippen LogP contribution in [0.2, 0.25) is 0 Å². The van der Waals surface area contributed by atoms with Crippen LogP contribution in [0.15, 0.2) is 58.7 Å². The van der Waals surface area contributed by atoms with Crippen LogP contribution in [0.4, 0.5) is 5.69 Å². The van der Waals surface area contributed by atoms with Crippen LogP contribution < -0.4 is 10.6 Å². The van der Waals surface area contributed by atoms with Crippen LogP contribution in [0.25, 0.3) is 10.9 Å². The number of H-pyrrole nitrogens is 1. The lowest BCUT2D eigenvalue weighted by Gasteiger charge is -2.23. The Bertz CT molecular complexity index is 1120. The average Bonchev–Trinajstić information content (AvgIpc) is 3.30. The molecule has 1 fully saturated rings. The third-order valence-corrected chi connectivity index (χ3v) is 5.66. The molecule has 4 N–H and O–H groups in total. The van der Waals surface area contributed by atoms with Gasteiger partial charge >= 0.3 is 0 Å². The first-order valence-electron chi connectivity index (χ1n) is 10.4. The lowest BCUT2D eigenvalue weighted by atomic mass is 10.0. The number of hydrogen-bond donors (Lipinski definition) is 4. The molecular formula is C23H27Cl2N5O2. The molecule has 9 heteroatoms. The van der Waals surface area contributed by atoms with Gasteiger partial charge in [-0.05, 0) is 38.1 Å². The lowest BCUT2D eigenvalue weighted by Crippen LogP contribution is -2.41. The Labute approximate surface area is 199 Å². The van der Waals surface area contributed by atoms with E-state index in [0.29, 0.717) is 29.6 Å². The summed E-state index contributed by atoms with van der Waals surface area (Å²) >= 11 is 0. The third kappa shape index (κ3) is 4.76. The lowest BCUT2D eigenvalue weighted by molar-refractivity contribution is 0.143. The first-order valence-corrected chi connectivity index (χ1v) is 10.4. The minimum Gasteiger partial charge on any atom is -0.494 e. The van der Waals surface area contributed by atoms with E-state index >= 15 is 0 Å². The number of benzene rings is 2. The summed E-state index contributed by atoms with van der Waals surface area (Å²) in [5.41, 5.74) is 4.51. The maximum atomic E-state index is 10.6. The fourth-order valence-electron chi connectivity index (χ4n) is 4.15. The molecule has 0 spiro atoms. The summed E-state index contributed by atoms with van der Waals surface area (Å²) in [7, 11) is 0. The summed E-state index contributed by atoms with van der Waals surface area (Å²) in [4.78, 5) is 13.5. The predicted molar refractivity (Wildman–Crippen MR) is 133 cm³/mol. The average molecular weight is 476 g/mol. The van der Waals surface area contributed by atoms with Gasteiger partial charge < -0.3 is 25.6 Å². The summed E-state index contributed by atoms with van der Waals surface area (Å²) in [6.07, 6.45) is 2.27. The summed E-state index contributed by atoms with van der Waals surface area (Å²) in [6, 6.07) is 16.1. The Morgan fingerprint density at radius 3 is 2.66 bits per heavy atom.